The van der Waals surface area contributed by atoms with Crippen LogP contribution >= 0.6 is 11.3 Å². The van der Waals surface area contributed by atoms with Gasteiger partial charge >= 0.3 is 0 Å². The highest BCUT2D eigenvalue weighted by molar-refractivity contribution is 7.26. The van der Waals surface area contributed by atoms with Crippen molar-refractivity contribution in [2.24, 2.45) is 0 Å². The number of aromatic nitrogens is 3. The molecule has 0 fully saturated rings. The number of furan rings is 1. The minimum absolute atomic E-state index is 0.629. The van der Waals surface area contributed by atoms with E-state index < -0.39 is 0 Å². The maximum Gasteiger partial charge on any atom is 0.235 e. The lowest BCUT2D eigenvalue weighted by molar-refractivity contribution is 0.671. The molecule has 0 spiro atoms. The van der Waals surface area contributed by atoms with E-state index in [4.69, 9.17) is 14.4 Å². The third-order valence-electron chi connectivity index (χ3n) is 8.62. The summed E-state index contributed by atoms with van der Waals surface area (Å²) in [6.45, 7) is 0. The number of hydrogen-bond donors (Lipinski definition) is 0. The zero-order chi connectivity index (χ0) is 28.1. The predicted octanol–water partition coefficient (Wildman–Crippen LogP) is 10.7. The van der Waals surface area contributed by atoms with Gasteiger partial charge in [0.25, 0.3) is 0 Å². The fourth-order valence-electron chi connectivity index (χ4n) is 6.77. The molecule has 0 atom stereocenters. The molecule has 4 heterocycles. The second-order valence-electron chi connectivity index (χ2n) is 11.0. The summed E-state index contributed by atoms with van der Waals surface area (Å²) < 4.78 is 11.3. The highest BCUT2D eigenvalue weighted by Crippen LogP contribution is 2.43. The number of para-hydroxylation sites is 2. The molecule has 4 nitrogen and oxygen atoms in total. The Hall–Kier alpha value is -5.52. The summed E-state index contributed by atoms with van der Waals surface area (Å²) in [5.74, 6) is 0.629. The average Bonchev–Trinajstić information content (AvgIpc) is 3.74. The molecule has 0 bridgehead atoms. The van der Waals surface area contributed by atoms with Crippen molar-refractivity contribution in [2.45, 2.75) is 0 Å². The van der Waals surface area contributed by atoms with Gasteiger partial charge < -0.3 is 4.42 Å². The largest absolute Gasteiger partial charge is 0.454 e. The van der Waals surface area contributed by atoms with Crippen LogP contribution in [-0.2, 0) is 0 Å². The number of hydrogen-bond acceptors (Lipinski definition) is 4. The Kier molecular flexibility index (Phi) is 4.57. The van der Waals surface area contributed by atoms with Crippen molar-refractivity contribution in [1.29, 1.82) is 0 Å². The van der Waals surface area contributed by atoms with Crippen LogP contribution in [-0.4, -0.2) is 14.5 Å². The van der Waals surface area contributed by atoms with Gasteiger partial charge in [-0.25, -0.2) is 9.97 Å². The molecule has 0 N–H and O–H groups in total. The molecule has 0 aliphatic carbocycles. The van der Waals surface area contributed by atoms with Gasteiger partial charge in [0.1, 0.15) is 11.1 Å². The molecule has 0 unspecified atom stereocenters. The maximum atomic E-state index is 6.58. The molecular formula is C38H21N3OS. The first kappa shape index (κ1) is 23.1. The van der Waals surface area contributed by atoms with Crippen LogP contribution < -0.4 is 0 Å². The van der Waals surface area contributed by atoms with Crippen molar-refractivity contribution in [3.05, 3.63) is 127 Å². The molecule has 6 aromatic carbocycles. The monoisotopic (exact) mass is 567 g/mol. The van der Waals surface area contributed by atoms with E-state index in [2.05, 4.69) is 120 Å². The quantitative estimate of drug-likeness (QED) is 0.209. The van der Waals surface area contributed by atoms with Crippen molar-refractivity contribution in [2.75, 3.05) is 0 Å². The zero-order valence-electron chi connectivity index (χ0n) is 22.8. The Bertz CT molecular complexity index is 2730. The van der Waals surface area contributed by atoms with Crippen LogP contribution in [0.1, 0.15) is 0 Å². The summed E-state index contributed by atoms with van der Waals surface area (Å²) in [5, 5.41) is 7.98. The third-order valence-corrected chi connectivity index (χ3v) is 9.75. The second kappa shape index (κ2) is 8.51. The van der Waals surface area contributed by atoms with Crippen LogP contribution in [0.25, 0.3) is 92.0 Å². The molecule has 43 heavy (non-hydrogen) atoms. The number of benzene rings is 6. The fraction of sp³-hybridized carbons (Fsp3) is 0. The lowest BCUT2D eigenvalue weighted by Gasteiger charge is -2.13. The van der Waals surface area contributed by atoms with Gasteiger partial charge in [0.15, 0.2) is 5.58 Å². The molecule has 0 radical (unpaired) electrons. The summed E-state index contributed by atoms with van der Waals surface area (Å²) in [4.78, 5) is 10.7. The van der Waals surface area contributed by atoms with Crippen molar-refractivity contribution >= 4 is 86.2 Å². The Labute approximate surface area is 249 Å². The first-order valence-electron chi connectivity index (χ1n) is 14.3. The Morgan fingerprint density at radius 1 is 0.535 bits per heavy atom. The minimum atomic E-state index is 0.629. The number of fused-ring (bicyclic) bond motifs is 12. The summed E-state index contributed by atoms with van der Waals surface area (Å²) >= 11 is 1.82. The van der Waals surface area contributed by atoms with Crippen molar-refractivity contribution in [3.63, 3.8) is 0 Å². The molecule has 200 valence electrons. The van der Waals surface area contributed by atoms with Crippen LogP contribution in [0.5, 0.6) is 0 Å². The molecule has 5 heteroatoms. The summed E-state index contributed by atoms with van der Waals surface area (Å²) in [6.07, 6.45) is 0. The Morgan fingerprint density at radius 2 is 1.28 bits per heavy atom. The van der Waals surface area contributed by atoms with Gasteiger partial charge in [-0.15, -0.1) is 11.3 Å². The van der Waals surface area contributed by atoms with E-state index in [1.54, 1.807) is 0 Å². The maximum absolute atomic E-state index is 6.58. The summed E-state index contributed by atoms with van der Waals surface area (Å²) in [6, 6.07) is 44.6. The van der Waals surface area contributed by atoms with Crippen LogP contribution in [0.15, 0.2) is 132 Å². The third kappa shape index (κ3) is 3.14. The SMILES string of the molecule is c1ccc(-c2nc(-n3c4ccccc4c4ccc5c6ccccc6oc5c43)nc3ccc4sc5ccccc5c4c23)cc1. The van der Waals surface area contributed by atoms with E-state index in [-0.39, 0.29) is 0 Å². The Morgan fingerprint density at radius 3 is 2.19 bits per heavy atom. The van der Waals surface area contributed by atoms with Crippen LogP contribution in [0.2, 0.25) is 0 Å². The minimum Gasteiger partial charge on any atom is -0.454 e. The summed E-state index contributed by atoms with van der Waals surface area (Å²) in [5.41, 5.74) is 6.66. The van der Waals surface area contributed by atoms with E-state index in [1.807, 2.05) is 23.5 Å². The molecule has 10 aromatic rings. The topological polar surface area (TPSA) is 43.9 Å². The molecule has 0 saturated heterocycles. The second-order valence-corrected chi connectivity index (χ2v) is 12.0. The highest BCUT2D eigenvalue weighted by Gasteiger charge is 2.22. The first-order valence-corrected chi connectivity index (χ1v) is 15.2. The van der Waals surface area contributed by atoms with Crippen LogP contribution in [0, 0.1) is 0 Å². The van der Waals surface area contributed by atoms with Crippen molar-refractivity contribution in [1.82, 2.24) is 14.5 Å². The molecule has 4 aromatic heterocycles. The van der Waals surface area contributed by atoms with E-state index >= 15 is 0 Å². The lowest BCUT2D eigenvalue weighted by Crippen LogP contribution is -2.03. The van der Waals surface area contributed by atoms with E-state index in [0.29, 0.717) is 5.95 Å². The van der Waals surface area contributed by atoms with Gasteiger partial charge in [-0.05, 0) is 36.4 Å². The number of rotatable bonds is 2. The van der Waals surface area contributed by atoms with Crippen molar-refractivity contribution in [3.8, 4) is 17.2 Å². The van der Waals surface area contributed by atoms with Crippen LogP contribution in [0.3, 0.4) is 0 Å². The van der Waals surface area contributed by atoms with Gasteiger partial charge in [-0.2, -0.15) is 0 Å². The Balaban J connectivity index is 1.40. The van der Waals surface area contributed by atoms with E-state index in [9.17, 15) is 0 Å². The summed E-state index contributed by atoms with van der Waals surface area (Å²) in [7, 11) is 0. The van der Waals surface area contributed by atoms with E-state index in [1.165, 1.54) is 20.2 Å². The zero-order valence-corrected chi connectivity index (χ0v) is 23.6. The van der Waals surface area contributed by atoms with Gasteiger partial charge in [0.05, 0.1) is 16.7 Å². The molecular weight excluding hydrogens is 547 g/mol. The van der Waals surface area contributed by atoms with Gasteiger partial charge in [-0.3, -0.25) is 4.57 Å². The smallest absolute Gasteiger partial charge is 0.235 e. The molecule has 10 rings (SSSR count). The number of thiophene rings is 1. The average molecular weight is 568 g/mol. The van der Waals surface area contributed by atoms with Crippen LogP contribution in [0.4, 0.5) is 0 Å². The number of nitrogens with zero attached hydrogens (tertiary/aromatic N) is 3. The van der Waals surface area contributed by atoms with E-state index in [0.717, 1.165) is 65.9 Å². The van der Waals surface area contributed by atoms with Gasteiger partial charge in [0, 0.05) is 52.7 Å². The standard InChI is InChI=1S/C38H21N3OS/c1-2-10-22(11-3-1)35-34-28(20-21-32-33(34)27-14-6-9-17-31(27)43-32)39-38(40-35)41-29-15-7-4-12-23(29)25-18-19-26-24-13-5-8-16-30(24)42-37(26)36(25)41/h1-21H. The normalized spacial score (nSPS) is 12.2. The molecule has 0 aliphatic rings. The fourth-order valence-corrected chi connectivity index (χ4v) is 7.88. The lowest BCUT2D eigenvalue weighted by atomic mass is 10.0. The molecule has 0 aliphatic heterocycles. The van der Waals surface area contributed by atoms with Gasteiger partial charge in [0.2, 0.25) is 5.95 Å². The first-order chi connectivity index (χ1) is 21.3. The van der Waals surface area contributed by atoms with Gasteiger partial charge in [-0.1, -0.05) is 91.0 Å². The van der Waals surface area contributed by atoms with Crippen molar-refractivity contribution < 1.29 is 4.42 Å². The predicted molar refractivity (Wildman–Crippen MR) is 179 cm³/mol. The molecule has 0 saturated carbocycles. The highest BCUT2D eigenvalue weighted by atomic mass is 32.1. The molecule has 0 amide bonds.